The van der Waals surface area contributed by atoms with E-state index in [1.807, 2.05) is 30.3 Å². The van der Waals surface area contributed by atoms with Gasteiger partial charge in [-0.1, -0.05) is 30.3 Å². The van der Waals surface area contributed by atoms with E-state index in [-0.39, 0.29) is 19.0 Å². The molecule has 0 aromatic heterocycles. The maximum Gasteiger partial charge on any atom is 0.405 e. The van der Waals surface area contributed by atoms with Crippen LogP contribution in [0, 0.1) is 0 Å². The van der Waals surface area contributed by atoms with Crippen molar-refractivity contribution in [3.8, 4) is 0 Å². The quantitative estimate of drug-likeness (QED) is 0.859. The Kier molecular flexibility index (Phi) is 7.18. The van der Waals surface area contributed by atoms with Crippen molar-refractivity contribution in [2.75, 3.05) is 13.1 Å². The van der Waals surface area contributed by atoms with E-state index >= 15 is 0 Å². The fourth-order valence-electron chi connectivity index (χ4n) is 1.37. The van der Waals surface area contributed by atoms with Gasteiger partial charge < -0.3 is 11.1 Å². The second kappa shape index (κ2) is 7.53. The van der Waals surface area contributed by atoms with E-state index in [1.54, 1.807) is 0 Å². The second-order valence-corrected chi connectivity index (χ2v) is 3.52. The Hall–Kier alpha value is -0.780. The summed E-state index contributed by atoms with van der Waals surface area (Å²) in [5.41, 5.74) is 6.06. The lowest BCUT2D eigenvalue weighted by molar-refractivity contribution is -0.153. The molecule has 1 aromatic carbocycles. The third-order valence-electron chi connectivity index (χ3n) is 2.28. The van der Waals surface area contributed by atoms with Gasteiger partial charge in [0.05, 0.1) is 0 Å². The van der Waals surface area contributed by atoms with Crippen LogP contribution in [0.25, 0.3) is 0 Å². The summed E-state index contributed by atoms with van der Waals surface area (Å²) in [6.45, 7) is -0.163. The van der Waals surface area contributed by atoms with Gasteiger partial charge in [-0.3, -0.25) is 0 Å². The zero-order chi connectivity index (χ0) is 12.0. The molecule has 0 bridgehead atoms. The molecule has 1 atom stereocenters. The number of nitrogens with one attached hydrogen (secondary N) is 1. The van der Waals surface area contributed by atoms with Crippen LogP contribution in [0.1, 0.15) is 5.56 Å². The molecule has 0 aliphatic heterocycles. The average Bonchev–Trinajstić information content (AvgIpc) is 2.24. The van der Waals surface area contributed by atoms with Crippen LogP contribution in [0.4, 0.5) is 13.2 Å². The number of halogens is 4. The predicted molar refractivity (Wildman–Crippen MR) is 64.3 cm³/mol. The monoisotopic (exact) mass is 268 g/mol. The normalized spacial score (nSPS) is 12.9. The summed E-state index contributed by atoms with van der Waals surface area (Å²) in [5, 5.41) is 2.41. The van der Waals surface area contributed by atoms with Gasteiger partial charge in [-0.25, -0.2) is 0 Å². The first kappa shape index (κ1) is 16.2. The van der Waals surface area contributed by atoms with Crippen LogP contribution in [0.2, 0.25) is 0 Å². The lowest BCUT2D eigenvalue weighted by Gasteiger charge is -2.19. The van der Waals surface area contributed by atoms with Crippen LogP contribution in [0.3, 0.4) is 0 Å². The Morgan fingerprint density at radius 3 is 2.24 bits per heavy atom. The van der Waals surface area contributed by atoms with Crippen molar-refractivity contribution in [3.63, 3.8) is 0 Å². The maximum atomic E-state index is 12.3. The van der Waals surface area contributed by atoms with Crippen LogP contribution in [0.5, 0.6) is 0 Å². The summed E-state index contributed by atoms with van der Waals surface area (Å²) in [7, 11) is 0. The largest absolute Gasteiger partial charge is 0.405 e. The molecule has 98 valence electrons. The highest BCUT2D eigenvalue weighted by Crippen LogP contribution is 2.19. The smallest absolute Gasteiger partial charge is 0.329 e. The molecule has 0 saturated carbocycles. The highest BCUT2D eigenvalue weighted by molar-refractivity contribution is 5.85. The number of nitrogens with two attached hydrogens (primary N) is 1. The maximum absolute atomic E-state index is 12.3. The molecule has 1 unspecified atom stereocenters. The van der Waals surface area contributed by atoms with Gasteiger partial charge in [0.25, 0.3) is 0 Å². The Labute approximate surface area is 105 Å². The zero-order valence-electron chi connectivity index (χ0n) is 9.20. The molecular weight excluding hydrogens is 253 g/mol. The van der Waals surface area contributed by atoms with E-state index in [1.165, 1.54) is 0 Å². The van der Waals surface area contributed by atoms with Gasteiger partial charge >= 0.3 is 6.18 Å². The summed E-state index contributed by atoms with van der Waals surface area (Å²) < 4.78 is 36.9. The first-order valence-electron chi connectivity index (χ1n) is 5.08. The molecule has 2 nitrogen and oxygen atoms in total. The third-order valence-corrected chi connectivity index (χ3v) is 2.28. The van der Waals surface area contributed by atoms with Crippen molar-refractivity contribution in [1.82, 2.24) is 5.32 Å². The molecule has 17 heavy (non-hydrogen) atoms. The first-order valence-corrected chi connectivity index (χ1v) is 5.08. The summed E-state index contributed by atoms with van der Waals surface area (Å²) in [6, 6.07) is 7.74. The minimum Gasteiger partial charge on any atom is -0.329 e. The van der Waals surface area contributed by atoms with Crippen LogP contribution < -0.4 is 11.1 Å². The lowest BCUT2D eigenvalue weighted by Crippen LogP contribution is -2.48. The Balaban J connectivity index is 0.00000256. The minimum atomic E-state index is -4.27. The Bertz CT molecular complexity index is 303. The molecule has 0 heterocycles. The van der Waals surface area contributed by atoms with Gasteiger partial charge in [-0.15, -0.1) is 12.4 Å². The molecule has 0 fully saturated rings. The number of benzene rings is 1. The lowest BCUT2D eigenvalue weighted by atomic mass is 10.1. The van der Waals surface area contributed by atoms with Crippen molar-refractivity contribution >= 4 is 12.4 Å². The third kappa shape index (κ3) is 5.91. The van der Waals surface area contributed by atoms with E-state index in [0.29, 0.717) is 6.42 Å². The summed E-state index contributed by atoms with van der Waals surface area (Å²) in [6.07, 6.45) is -3.71. The minimum absolute atomic E-state index is 0. The highest BCUT2D eigenvalue weighted by atomic mass is 35.5. The van der Waals surface area contributed by atoms with Crippen molar-refractivity contribution < 1.29 is 13.2 Å². The standard InChI is InChI=1S/C11H15F3N2.ClH/c12-11(13,14)10(8-15)16-7-6-9-4-2-1-3-5-9;/h1-5,10,16H,6-8,15H2;1H. The molecule has 0 spiro atoms. The van der Waals surface area contributed by atoms with Crippen molar-refractivity contribution in [3.05, 3.63) is 35.9 Å². The van der Waals surface area contributed by atoms with Gasteiger partial charge in [0.2, 0.25) is 0 Å². The molecular formula is C11H16ClF3N2. The average molecular weight is 269 g/mol. The molecule has 6 heteroatoms. The van der Waals surface area contributed by atoms with E-state index in [4.69, 9.17) is 5.73 Å². The van der Waals surface area contributed by atoms with Gasteiger partial charge in [0.15, 0.2) is 0 Å². The molecule has 0 amide bonds. The number of rotatable bonds is 5. The molecule has 1 aromatic rings. The van der Waals surface area contributed by atoms with E-state index < -0.39 is 18.8 Å². The zero-order valence-corrected chi connectivity index (χ0v) is 10.0. The van der Waals surface area contributed by atoms with Crippen LogP contribution >= 0.6 is 12.4 Å². The summed E-state index contributed by atoms with van der Waals surface area (Å²) >= 11 is 0. The highest BCUT2D eigenvalue weighted by Gasteiger charge is 2.37. The topological polar surface area (TPSA) is 38.0 Å². The molecule has 0 radical (unpaired) electrons. The van der Waals surface area contributed by atoms with E-state index in [9.17, 15) is 13.2 Å². The number of alkyl halides is 3. The Morgan fingerprint density at radius 2 is 1.76 bits per heavy atom. The van der Waals surface area contributed by atoms with Crippen LogP contribution in [-0.2, 0) is 6.42 Å². The molecule has 0 aliphatic carbocycles. The molecule has 0 saturated heterocycles. The fraction of sp³-hybridized carbons (Fsp3) is 0.455. The predicted octanol–water partition coefficient (Wildman–Crippen LogP) is 2.13. The first-order chi connectivity index (χ1) is 7.54. The fourth-order valence-corrected chi connectivity index (χ4v) is 1.37. The Morgan fingerprint density at radius 1 is 1.18 bits per heavy atom. The van der Waals surface area contributed by atoms with Crippen molar-refractivity contribution in [2.24, 2.45) is 5.73 Å². The SMILES string of the molecule is Cl.NCC(NCCc1ccccc1)C(F)(F)F. The van der Waals surface area contributed by atoms with Crippen LogP contribution in [-0.4, -0.2) is 25.3 Å². The summed E-state index contributed by atoms with van der Waals surface area (Å²) in [5.74, 6) is 0. The van der Waals surface area contributed by atoms with Gasteiger partial charge in [0.1, 0.15) is 6.04 Å². The van der Waals surface area contributed by atoms with Crippen molar-refractivity contribution in [1.29, 1.82) is 0 Å². The number of hydrogen-bond acceptors (Lipinski definition) is 2. The van der Waals surface area contributed by atoms with Gasteiger partial charge in [-0.2, -0.15) is 13.2 Å². The van der Waals surface area contributed by atoms with Gasteiger partial charge in [-0.05, 0) is 18.5 Å². The van der Waals surface area contributed by atoms with Crippen molar-refractivity contribution in [2.45, 2.75) is 18.6 Å². The molecule has 0 aliphatic rings. The van der Waals surface area contributed by atoms with E-state index in [0.717, 1.165) is 5.56 Å². The van der Waals surface area contributed by atoms with E-state index in [2.05, 4.69) is 5.32 Å². The second-order valence-electron chi connectivity index (χ2n) is 3.52. The number of hydrogen-bond donors (Lipinski definition) is 2. The molecule has 3 N–H and O–H groups in total. The summed E-state index contributed by atoms with van der Waals surface area (Å²) in [4.78, 5) is 0. The van der Waals surface area contributed by atoms with Gasteiger partial charge in [0, 0.05) is 6.54 Å². The van der Waals surface area contributed by atoms with Crippen LogP contribution in [0.15, 0.2) is 30.3 Å². The molecule has 1 rings (SSSR count).